The number of hydrogen-bond donors (Lipinski definition) is 1. The van der Waals surface area contributed by atoms with Crippen LogP contribution in [0.3, 0.4) is 0 Å². The van der Waals surface area contributed by atoms with Crippen LogP contribution in [0.1, 0.15) is 66.2 Å². The molecule has 2 nitrogen and oxygen atoms in total. The molecule has 0 aromatic carbocycles. The molecule has 20 heavy (non-hydrogen) atoms. The average Bonchev–Trinajstić information content (AvgIpc) is 3.28. The second kappa shape index (κ2) is 7.26. The lowest BCUT2D eigenvalue weighted by Crippen LogP contribution is -2.45. The van der Waals surface area contributed by atoms with E-state index >= 15 is 0 Å². The van der Waals surface area contributed by atoms with Crippen molar-refractivity contribution >= 4 is 0 Å². The van der Waals surface area contributed by atoms with Gasteiger partial charge in [-0.25, -0.2) is 0 Å². The van der Waals surface area contributed by atoms with Gasteiger partial charge >= 0.3 is 0 Å². The molecule has 0 amide bonds. The van der Waals surface area contributed by atoms with Crippen LogP contribution in [0, 0.1) is 17.3 Å². The molecule has 0 heterocycles. The summed E-state index contributed by atoms with van der Waals surface area (Å²) in [6, 6.07) is 0.929. The molecule has 0 aliphatic heterocycles. The Morgan fingerprint density at radius 2 is 1.75 bits per heavy atom. The van der Waals surface area contributed by atoms with Crippen LogP contribution in [0.4, 0.5) is 0 Å². The van der Waals surface area contributed by atoms with Crippen molar-refractivity contribution in [2.75, 3.05) is 26.2 Å². The molecule has 0 bridgehead atoms. The Hall–Kier alpha value is -0.0800. The van der Waals surface area contributed by atoms with Gasteiger partial charge in [0.2, 0.25) is 0 Å². The van der Waals surface area contributed by atoms with E-state index in [0.717, 1.165) is 24.4 Å². The predicted molar refractivity (Wildman–Crippen MR) is 88.0 cm³/mol. The SMILES string of the molecule is CCC(CC)(CNCC(C)C)CN(CC1CC1)C1CC1. The summed E-state index contributed by atoms with van der Waals surface area (Å²) in [5.41, 5.74) is 0.492. The number of nitrogens with one attached hydrogen (secondary N) is 1. The first-order valence-corrected chi connectivity index (χ1v) is 9.03. The first-order valence-electron chi connectivity index (χ1n) is 9.03. The largest absolute Gasteiger partial charge is 0.316 e. The molecule has 0 atom stereocenters. The average molecular weight is 280 g/mol. The molecule has 118 valence electrons. The second-order valence-electron chi connectivity index (χ2n) is 7.84. The molecule has 2 heteroatoms. The van der Waals surface area contributed by atoms with E-state index in [2.05, 4.69) is 37.9 Å². The fraction of sp³-hybridized carbons (Fsp3) is 1.00. The van der Waals surface area contributed by atoms with E-state index in [0.29, 0.717) is 5.41 Å². The lowest BCUT2D eigenvalue weighted by Gasteiger charge is -2.38. The topological polar surface area (TPSA) is 15.3 Å². The van der Waals surface area contributed by atoms with Gasteiger partial charge in [-0.05, 0) is 62.3 Å². The molecule has 2 rings (SSSR count). The summed E-state index contributed by atoms with van der Waals surface area (Å²) in [7, 11) is 0. The Morgan fingerprint density at radius 3 is 2.20 bits per heavy atom. The van der Waals surface area contributed by atoms with Gasteiger partial charge in [0.25, 0.3) is 0 Å². The van der Waals surface area contributed by atoms with Crippen molar-refractivity contribution in [2.24, 2.45) is 17.3 Å². The first-order chi connectivity index (χ1) is 9.58. The molecule has 0 aromatic heterocycles. The van der Waals surface area contributed by atoms with Crippen molar-refractivity contribution in [3.05, 3.63) is 0 Å². The molecule has 0 aromatic rings. The standard InChI is InChI=1S/C18H36N2/c1-5-18(6-2,13-19-11-15(3)4)14-20(17-9-10-17)12-16-7-8-16/h15-17,19H,5-14H2,1-4H3. The maximum absolute atomic E-state index is 3.73. The molecule has 0 radical (unpaired) electrons. The Balaban J connectivity index is 1.87. The molecular formula is C18H36N2. The maximum atomic E-state index is 3.73. The van der Waals surface area contributed by atoms with Gasteiger partial charge in [-0.15, -0.1) is 0 Å². The van der Waals surface area contributed by atoms with Crippen molar-refractivity contribution in [1.82, 2.24) is 10.2 Å². The smallest absolute Gasteiger partial charge is 0.00967 e. The minimum atomic E-state index is 0.492. The van der Waals surface area contributed by atoms with Crippen molar-refractivity contribution in [2.45, 2.75) is 72.3 Å². The van der Waals surface area contributed by atoms with E-state index in [4.69, 9.17) is 0 Å². The summed E-state index contributed by atoms with van der Waals surface area (Å²) in [4.78, 5) is 2.85. The van der Waals surface area contributed by atoms with Gasteiger partial charge in [0.1, 0.15) is 0 Å². The van der Waals surface area contributed by atoms with E-state index in [1.165, 1.54) is 58.2 Å². The first kappa shape index (κ1) is 16.3. The van der Waals surface area contributed by atoms with Crippen LogP contribution in [0.5, 0.6) is 0 Å². The Kier molecular flexibility index (Phi) is 5.92. The van der Waals surface area contributed by atoms with Crippen molar-refractivity contribution in [1.29, 1.82) is 0 Å². The van der Waals surface area contributed by atoms with Crippen LogP contribution in [0.15, 0.2) is 0 Å². The van der Waals surface area contributed by atoms with Crippen molar-refractivity contribution in [3.8, 4) is 0 Å². The Morgan fingerprint density at radius 1 is 1.10 bits per heavy atom. The number of nitrogens with zero attached hydrogens (tertiary/aromatic N) is 1. The normalized spacial score (nSPS) is 20.1. The van der Waals surface area contributed by atoms with E-state index in [1.54, 1.807) is 0 Å². The third kappa shape index (κ3) is 5.04. The molecule has 2 aliphatic rings. The van der Waals surface area contributed by atoms with Crippen LogP contribution in [-0.4, -0.2) is 37.1 Å². The predicted octanol–water partition coefficient (Wildman–Crippen LogP) is 3.91. The summed E-state index contributed by atoms with van der Waals surface area (Å²) >= 11 is 0. The lowest BCUT2D eigenvalue weighted by atomic mass is 9.81. The fourth-order valence-electron chi connectivity index (χ4n) is 3.25. The molecule has 0 saturated heterocycles. The summed E-state index contributed by atoms with van der Waals surface area (Å²) < 4.78 is 0. The highest BCUT2D eigenvalue weighted by molar-refractivity contribution is 4.93. The van der Waals surface area contributed by atoms with Gasteiger partial charge < -0.3 is 5.32 Å². The van der Waals surface area contributed by atoms with Crippen molar-refractivity contribution in [3.63, 3.8) is 0 Å². The second-order valence-corrected chi connectivity index (χ2v) is 7.84. The summed E-state index contributed by atoms with van der Waals surface area (Å²) in [6.07, 6.45) is 8.50. The molecular weight excluding hydrogens is 244 g/mol. The highest BCUT2D eigenvalue weighted by Crippen LogP contribution is 2.38. The minimum Gasteiger partial charge on any atom is -0.316 e. The molecule has 2 saturated carbocycles. The molecule has 0 unspecified atom stereocenters. The summed E-state index contributed by atoms with van der Waals surface area (Å²) in [5.74, 6) is 1.79. The van der Waals surface area contributed by atoms with E-state index in [9.17, 15) is 0 Å². The summed E-state index contributed by atoms with van der Waals surface area (Å²) in [5, 5.41) is 3.73. The molecule has 2 aliphatic carbocycles. The van der Waals surface area contributed by atoms with Crippen LogP contribution >= 0.6 is 0 Å². The zero-order valence-electron chi connectivity index (χ0n) is 14.3. The third-order valence-electron chi connectivity index (χ3n) is 5.34. The zero-order chi connectivity index (χ0) is 14.6. The third-order valence-corrected chi connectivity index (χ3v) is 5.34. The highest BCUT2D eigenvalue weighted by Gasteiger charge is 2.38. The van der Waals surface area contributed by atoms with Crippen LogP contribution in [-0.2, 0) is 0 Å². The quantitative estimate of drug-likeness (QED) is 0.617. The van der Waals surface area contributed by atoms with Crippen LogP contribution in [0.2, 0.25) is 0 Å². The van der Waals surface area contributed by atoms with Gasteiger partial charge in [-0.1, -0.05) is 27.7 Å². The van der Waals surface area contributed by atoms with Gasteiger partial charge in [0.05, 0.1) is 0 Å². The fourth-order valence-corrected chi connectivity index (χ4v) is 3.25. The van der Waals surface area contributed by atoms with Crippen molar-refractivity contribution < 1.29 is 0 Å². The van der Waals surface area contributed by atoms with Crippen LogP contribution < -0.4 is 5.32 Å². The number of rotatable bonds is 11. The maximum Gasteiger partial charge on any atom is 0.00967 e. The monoisotopic (exact) mass is 280 g/mol. The Labute approximate surface area is 126 Å². The lowest BCUT2D eigenvalue weighted by molar-refractivity contribution is 0.123. The van der Waals surface area contributed by atoms with E-state index in [-0.39, 0.29) is 0 Å². The molecule has 2 fully saturated rings. The van der Waals surface area contributed by atoms with E-state index in [1.807, 2.05) is 0 Å². The van der Waals surface area contributed by atoms with Gasteiger partial charge in [-0.3, -0.25) is 4.90 Å². The van der Waals surface area contributed by atoms with Gasteiger partial charge in [0, 0.05) is 25.7 Å². The van der Waals surface area contributed by atoms with Crippen LogP contribution in [0.25, 0.3) is 0 Å². The van der Waals surface area contributed by atoms with Gasteiger partial charge in [-0.2, -0.15) is 0 Å². The minimum absolute atomic E-state index is 0.492. The van der Waals surface area contributed by atoms with E-state index < -0.39 is 0 Å². The molecule has 0 spiro atoms. The Bertz CT molecular complexity index is 275. The summed E-state index contributed by atoms with van der Waals surface area (Å²) in [6.45, 7) is 14.5. The van der Waals surface area contributed by atoms with Gasteiger partial charge in [0.15, 0.2) is 0 Å². The zero-order valence-corrected chi connectivity index (χ0v) is 14.3. The highest BCUT2D eigenvalue weighted by atomic mass is 15.2. The number of hydrogen-bond acceptors (Lipinski definition) is 2. The molecule has 1 N–H and O–H groups in total.